The number of aryl methyl sites for hydroxylation is 2. The van der Waals surface area contributed by atoms with Gasteiger partial charge in [0.25, 0.3) is 5.56 Å². The third kappa shape index (κ3) is 4.72. The first kappa shape index (κ1) is 25.7. The largest absolute Gasteiger partial charge is 0.493 e. The smallest absolute Gasteiger partial charge is 0.355 e. The lowest BCUT2D eigenvalue weighted by Gasteiger charge is -2.20. The third-order valence-corrected chi connectivity index (χ3v) is 6.17. The molecule has 0 fully saturated rings. The Morgan fingerprint density at radius 1 is 0.973 bits per heavy atom. The summed E-state index contributed by atoms with van der Waals surface area (Å²) in [6.07, 6.45) is 2.32. The molecule has 0 aliphatic rings. The minimum atomic E-state index is -0.659. The lowest BCUT2D eigenvalue weighted by Crippen LogP contribution is -2.29. The van der Waals surface area contributed by atoms with E-state index in [1.54, 1.807) is 24.4 Å². The normalized spacial score (nSPS) is 10.9. The van der Waals surface area contributed by atoms with Crippen molar-refractivity contribution in [2.75, 3.05) is 28.4 Å². The topological polar surface area (TPSA) is 102 Å². The number of hydrogen-bond acceptors (Lipinski definition) is 8. The summed E-state index contributed by atoms with van der Waals surface area (Å²) in [6, 6.07) is 10.8. The van der Waals surface area contributed by atoms with Crippen LogP contribution >= 0.6 is 0 Å². The van der Waals surface area contributed by atoms with Crippen LogP contribution in [0.3, 0.4) is 0 Å². The van der Waals surface area contributed by atoms with Gasteiger partial charge in [-0.1, -0.05) is 13.0 Å². The van der Waals surface area contributed by atoms with Crippen LogP contribution in [0.1, 0.15) is 34.4 Å². The van der Waals surface area contributed by atoms with Crippen LogP contribution in [0.15, 0.2) is 47.4 Å². The van der Waals surface area contributed by atoms with Crippen molar-refractivity contribution in [3.05, 3.63) is 75.6 Å². The molecular weight excluding hydrogens is 474 g/mol. The predicted octanol–water partition coefficient (Wildman–Crippen LogP) is 4.19. The maximum Gasteiger partial charge on any atom is 0.355 e. The van der Waals surface area contributed by atoms with Crippen LogP contribution in [0.4, 0.5) is 0 Å². The molecule has 0 saturated carbocycles. The fourth-order valence-corrected chi connectivity index (χ4v) is 4.42. The Labute approximate surface area is 214 Å². The number of ether oxygens (including phenoxy) is 4. The van der Waals surface area contributed by atoms with Gasteiger partial charge in [0.1, 0.15) is 11.2 Å². The van der Waals surface area contributed by atoms with Crippen LogP contribution in [0.5, 0.6) is 17.2 Å². The molecule has 0 amide bonds. The third-order valence-electron chi connectivity index (χ3n) is 6.17. The first-order valence-corrected chi connectivity index (χ1v) is 11.7. The highest BCUT2D eigenvalue weighted by molar-refractivity contribution is 6.06. The van der Waals surface area contributed by atoms with Gasteiger partial charge in [0.05, 0.1) is 35.0 Å². The molecule has 9 nitrogen and oxygen atoms in total. The van der Waals surface area contributed by atoms with Crippen molar-refractivity contribution in [1.82, 2.24) is 14.5 Å². The summed E-state index contributed by atoms with van der Waals surface area (Å²) >= 11 is 0. The van der Waals surface area contributed by atoms with Gasteiger partial charge >= 0.3 is 5.97 Å². The maximum absolute atomic E-state index is 13.9. The van der Waals surface area contributed by atoms with Gasteiger partial charge < -0.3 is 18.9 Å². The number of carbonyl (C=O) groups is 1. The molecule has 0 aliphatic carbocycles. The van der Waals surface area contributed by atoms with E-state index in [4.69, 9.17) is 18.9 Å². The van der Waals surface area contributed by atoms with E-state index in [2.05, 4.69) is 9.97 Å². The molecule has 37 heavy (non-hydrogen) atoms. The summed E-state index contributed by atoms with van der Waals surface area (Å²) in [4.78, 5) is 36.1. The summed E-state index contributed by atoms with van der Waals surface area (Å²) in [7, 11) is 5.84. The number of esters is 1. The molecule has 0 spiro atoms. The van der Waals surface area contributed by atoms with Gasteiger partial charge in [0.2, 0.25) is 5.75 Å². The van der Waals surface area contributed by atoms with Gasteiger partial charge in [-0.25, -0.2) is 9.78 Å². The highest BCUT2D eigenvalue weighted by atomic mass is 16.5. The molecule has 0 bridgehead atoms. The monoisotopic (exact) mass is 503 g/mol. The van der Waals surface area contributed by atoms with Gasteiger partial charge in [-0.3, -0.25) is 14.3 Å². The number of aromatic nitrogens is 3. The molecule has 3 heterocycles. The molecule has 4 rings (SSSR count). The summed E-state index contributed by atoms with van der Waals surface area (Å²) in [5, 5.41) is 0.513. The number of pyridine rings is 3. The van der Waals surface area contributed by atoms with Crippen molar-refractivity contribution in [3.8, 4) is 28.4 Å². The average molecular weight is 504 g/mol. The summed E-state index contributed by atoms with van der Waals surface area (Å²) in [5.74, 6) is 0.556. The minimum absolute atomic E-state index is 0.0924. The highest BCUT2D eigenvalue weighted by Crippen LogP contribution is 2.43. The molecule has 0 aliphatic heterocycles. The van der Waals surface area contributed by atoms with Crippen molar-refractivity contribution in [1.29, 1.82) is 0 Å². The molecule has 1 aromatic carbocycles. The Bertz CT molecular complexity index is 1520. The Morgan fingerprint density at radius 2 is 1.68 bits per heavy atom. The molecule has 0 saturated heterocycles. The van der Waals surface area contributed by atoms with Crippen LogP contribution in [-0.4, -0.2) is 48.9 Å². The van der Waals surface area contributed by atoms with Crippen LogP contribution in [0, 0.1) is 6.92 Å². The SMILES string of the molecule is CCc1ccc2c(-c3cc(OC)c(OC)c(OC)c3)c(C(=O)OC)n(Cc3ccnc(C)c3)c(=O)c2n1. The molecule has 9 heteroatoms. The quantitative estimate of drug-likeness (QED) is 0.330. The number of hydrogen-bond donors (Lipinski definition) is 0. The van der Waals surface area contributed by atoms with E-state index in [0.717, 1.165) is 17.0 Å². The molecular formula is C28H29N3O6. The van der Waals surface area contributed by atoms with Crippen molar-refractivity contribution in [2.24, 2.45) is 0 Å². The maximum atomic E-state index is 13.9. The van der Waals surface area contributed by atoms with Crippen molar-refractivity contribution in [2.45, 2.75) is 26.8 Å². The molecule has 0 N–H and O–H groups in total. The van der Waals surface area contributed by atoms with Gasteiger partial charge in [-0.2, -0.15) is 0 Å². The van der Waals surface area contributed by atoms with Crippen molar-refractivity contribution < 1.29 is 23.7 Å². The van der Waals surface area contributed by atoms with E-state index in [0.29, 0.717) is 40.2 Å². The van der Waals surface area contributed by atoms with E-state index in [9.17, 15) is 9.59 Å². The van der Waals surface area contributed by atoms with Crippen LogP contribution in [0.25, 0.3) is 22.0 Å². The molecule has 0 unspecified atom stereocenters. The Morgan fingerprint density at radius 3 is 2.24 bits per heavy atom. The van der Waals surface area contributed by atoms with Crippen molar-refractivity contribution >= 4 is 16.9 Å². The second-order valence-corrected chi connectivity index (χ2v) is 8.38. The second kappa shape index (κ2) is 10.7. The Balaban J connectivity index is 2.17. The van der Waals surface area contributed by atoms with Crippen LogP contribution < -0.4 is 19.8 Å². The minimum Gasteiger partial charge on any atom is -0.493 e. The number of methoxy groups -OCH3 is 4. The van der Waals surface area contributed by atoms with Crippen molar-refractivity contribution in [3.63, 3.8) is 0 Å². The van der Waals surface area contributed by atoms with E-state index < -0.39 is 11.5 Å². The van der Waals surface area contributed by atoms with Gasteiger partial charge in [-0.05, 0) is 54.8 Å². The van der Waals surface area contributed by atoms with Gasteiger partial charge in [-0.15, -0.1) is 0 Å². The number of benzene rings is 1. The summed E-state index contributed by atoms with van der Waals surface area (Å²) < 4.78 is 23.2. The summed E-state index contributed by atoms with van der Waals surface area (Å²) in [5.41, 5.74) is 3.36. The lowest BCUT2D eigenvalue weighted by atomic mass is 9.97. The second-order valence-electron chi connectivity index (χ2n) is 8.38. The van der Waals surface area contributed by atoms with Gasteiger partial charge in [0.15, 0.2) is 11.5 Å². The highest BCUT2D eigenvalue weighted by Gasteiger charge is 2.27. The zero-order valence-electron chi connectivity index (χ0n) is 21.7. The summed E-state index contributed by atoms with van der Waals surface area (Å²) in [6.45, 7) is 3.96. The average Bonchev–Trinajstić information content (AvgIpc) is 2.92. The van der Waals surface area contributed by atoms with Crippen LogP contribution in [-0.2, 0) is 17.7 Å². The van der Waals surface area contributed by atoms with Gasteiger partial charge in [0, 0.05) is 28.5 Å². The van der Waals surface area contributed by atoms with E-state index >= 15 is 0 Å². The number of carbonyl (C=O) groups excluding carboxylic acids is 1. The van der Waals surface area contributed by atoms with Crippen LogP contribution in [0.2, 0.25) is 0 Å². The fourth-order valence-electron chi connectivity index (χ4n) is 4.42. The predicted molar refractivity (Wildman–Crippen MR) is 140 cm³/mol. The molecule has 3 aromatic heterocycles. The number of nitrogens with zero attached hydrogens (tertiary/aromatic N) is 3. The molecule has 192 valence electrons. The Hall–Kier alpha value is -4.40. The first-order valence-electron chi connectivity index (χ1n) is 11.7. The number of fused-ring (bicyclic) bond motifs is 1. The van der Waals surface area contributed by atoms with E-state index in [-0.39, 0.29) is 17.8 Å². The first-order chi connectivity index (χ1) is 17.9. The number of rotatable bonds is 8. The zero-order valence-corrected chi connectivity index (χ0v) is 21.7. The zero-order chi connectivity index (χ0) is 26.7. The molecule has 0 radical (unpaired) electrons. The molecule has 4 aromatic rings. The standard InChI is InChI=1S/C28H29N3O6/c1-7-19-8-9-20-23(18-13-21(34-3)26(36-5)22(14-18)35-4)25(28(33)37-6)31(27(32)24(20)30-19)15-17-10-11-29-16(2)12-17/h8-14H,7,15H2,1-6H3. The fraction of sp³-hybridized carbons (Fsp3) is 0.286. The lowest BCUT2D eigenvalue weighted by molar-refractivity contribution is 0.0588. The van der Waals surface area contributed by atoms with E-state index in [1.165, 1.54) is 33.0 Å². The Kier molecular flexibility index (Phi) is 7.42. The molecule has 0 atom stereocenters. The van der Waals surface area contributed by atoms with E-state index in [1.807, 2.05) is 32.0 Å².